The number of carbonyl (C=O) groups excluding carboxylic acids is 3. The van der Waals surface area contributed by atoms with Crippen LogP contribution in [0.5, 0.6) is 0 Å². The molecule has 0 saturated carbocycles. The third-order valence-corrected chi connectivity index (χ3v) is 8.56. The second-order valence-electron chi connectivity index (χ2n) is 10.4. The fourth-order valence-corrected chi connectivity index (χ4v) is 5.84. The smallest absolute Gasteiger partial charge is 0.261 e. The summed E-state index contributed by atoms with van der Waals surface area (Å²) >= 11 is 7.27. The Balaban J connectivity index is 1.33. The van der Waals surface area contributed by atoms with Crippen molar-refractivity contribution in [2.45, 2.75) is 25.3 Å². The summed E-state index contributed by atoms with van der Waals surface area (Å²) in [7, 11) is 4.19. The van der Waals surface area contributed by atoms with Crippen molar-refractivity contribution in [3.63, 3.8) is 0 Å². The number of amides is 3. The van der Waals surface area contributed by atoms with Gasteiger partial charge in [0.2, 0.25) is 5.91 Å². The highest BCUT2D eigenvalue weighted by molar-refractivity contribution is 7.18. The highest BCUT2D eigenvalue weighted by Gasteiger charge is 2.22. The number of hydrogen-bond donors (Lipinski definition) is 2. The van der Waals surface area contributed by atoms with Crippen molar-refractivity contribution in [3.05, 3.63) is 51.2 Å². The van der Waals surface area contributed by atoms with E-state index in [0.717, 1.165) is 57.8 Å². The Kier molecular flexibility index (Phi) is 10.8. The average molecular weight is 575 g/mol. The van der Waals surface area contributed by atoms with Crippen molar-refractivity contribution in [2.75, 3.05) is 77.9 Å². The summed E-state index contributed by atoms with van der Waals surface area (Å²) in [6.07, 6.45) is 2.48. The monoisotopic (exact) mass is 574 g/mol. The van der Waals surface area contributed by atoms with E-state index in [1.165, 1.54) is 11.3 Å². The van der Waals surface area contributed by atoms with Crippen LogP contribution in [0, 0.1) is 0 Å². The third kappa shape index (κ3) is 8.74. The Hall–Kier alpha value is -2.50. The first-order chi connectivity index (χ1) is 18.8. The van der Waals surface area contributed by atoms with Crippen molar-refractivity contribution in [1.29, 1.82) is 0 Å². The molecule has 212 valence electrons. The molecule has 2 fully saturated rings. The molecule has 39 heavy (non-hydrogen) atoms. The predicted octanol–water partition coefficient (Wildman–Crippen LogP) is 2.63. The van der Waals surface area contributed by atoms with Gasteiger partial charge in [0.1, 0.15) is 0 Å². The summed E-state index contributed by atoms with van der Waals surface area (Å²) in [6, 6.07) is 10.3. The lowest BCUT2D eigenvalue weighted by Gasteiger charge is -2.34. The molecule has 4 rings (SSSR count). The van der Waals surface area contributed by atoms with Gasteiger partial charge in [-0.25, -0.2) is 0 Å². The Morgan fingerprint density at radius 2 is 1.77 bits per heavy atom. The van der Waals surface area contributed by atoms with Crippen molar-refractivity contribution in [3.8, 4) is 0 Å². The lowest BCUT2D eigenvalue weighted by atomic mass is 10.1. The average Bonchev–Trinajstić information content (AvgIpc) is 3.38. The highest BCUT2D eigenvalue weighted by Crippen LogP contribution is 2.22. The zero-order valence-corrected chi connectivity index (χ0v) is 24.4. The summed E-state index contributed by atoms with van der Waals surface area (Å²) in [5.74, 6) is -0.292. The summed E-state index contributed by atoms with van der Waals surface area (Å²) in [4.78, 5) is 47.4. The van der Waals surface area contributed by atoms with Gasteiger partial charge in [-0.05, 0) is 63.3 Å². The molecular formula is C28H39ClN6O3S. The van der Waals surface area contributed by atoms with Crippen LogP contribution in [-0.4, -0.2) is 111 Å². The van der Waals surface area contributed by atoms with Crippen molar-refractivity contribution >= 4 is 46.3 Å². The summed E-state index contributed by atoms with van der Waals surface area (Å²) < 4.78 is 0.559. The molecule has 1 aromatic carbocycles. The number of rotatable bonds is 11. The lowest BCUT2D eigenvalue weighted by molar-refractivity contribution is -0.119. The molecule has 1 aromatic heterocycles. The first kappa shape index (κ1) is 29.5. The molecule has 1 unspecified atom stereocenters. The van der Waals surface area contributed by atoms with Crippen LogP contribution in [0.15, 0.2) is 36.4 Å². The van der Waals surface area contributed by atoms with Gasteiger partial charge in [0.15, 0.2) is 0 Å². The minimum Gasteiger partial charge on any atom is -0.350 e. The quantitative estimate of drug-likeness (QED) is 0.429. The number of likely N-dealkylation sites (N-methyl/N-ethyl adjacent to an activating group) is 2. The maximum atomic E-state index is 13.0. The number of hydrogen-bond acceptors (Lipinski definition) is 7. The normalized spacial score (nSPS) is 17.8. The van der Waals surface area contributed by atoms with Gasteiger partial charge in [0, 0.05) is 76.6 Å². The Labute approximate surface area is 240 Å². The molecule has 11 heteroatoms. The van der Waals surface area contributed by atoms with Crippen LogP contribution in [0.25, 0.3) is 0 Å². The first-order valence-electron chi connectivity index (χ1n) is 13.6. The molecule has 3 amide bonds. The largest absolute Gasteiger partial charge is 0.350 e. The van der Waals surface area contributed by atoms with Crippen molar-refractivity contribution < 1.29 is 14.4 Å². The Morgan fingerprint density at radius 1 is 1.03 bits per heavy atom. The van der Waals surface area contributed by atoms with Crippen LogP contribution in [0.3, 0.4) is 0 Å². The SMILES string of the molecule is CN1CCN(CCN(C)CC(CNC(=O)c2ccc(N3CCCCC3=O)cc2)NC(=O)c2ccc(Cl)s2)CC1. The molecule has 0 bridgehead atoms. The predicted molar refractivity (Wildman–Crippen MR) is 157 cm³/mol. The zero-order chi connectivity index (χ0) is 27.8. The van der Waals surface area contributed by atoms with Crippen LogP contribution in [0.2, 0.25) is 4.34 Å². The van der Waals surface area contributed by atoms with E-state index >= 15 is 0 Å². The van der Waals surface area contributed by atoms with Gasteiger partial charge in [0.05, 0.1) is 15.3 Å². The van der Waals surface area contributed by atoms with Gasteiger partial charge in [0.25, 0.3) is 11.8 Å². The number of halogens is 1. The number of piperidine rings is 1. The van der Waals surface area contributed by atoms with E-state index in [1.54, 1.807) is 29.2 Å². The molecule has 0 aliphatic carbocycles. The first-order valence-corrected chi connectivity index (χ1v) is 14.8. The molecule has 2 aromatic rings. The van der Waals surface area contributed by atoms with Crippen LogP contribution in [0.4, 0.5) is 5.69 Å². The van der Waals surface area contributed by atoms with Crippen LogP contribution in [0.1, 0.15) is 39.3 Å². The number of piperazine rings is 1. The zero-order valence-electron chi connectivity index (χ0n) is 22.8. The molecule has 2 N–H and O–H groups in total. The summed E-state index contributed by atoms with van der Waals surface area (Å²) in [5, 5.41) is 6.06. The van der Waals surface area contributed by atoms with E-state index in [-0.39, 0.29) is 30.3 Å². The molecule has 2 saturated heterocycles. The van der Waals surface area contributed by atoms with E-state index in [1.807, 2.05) is 19.2 Å². The van der Waals surface area contributed by atoms with Crippen molar-refractivity contribution in [2.24, 2.45) is 0 Å². The highest BCUT2D eigenvalue weighted by atomic mass is 35.5. The summed E-state index contributed by atoms with van der Waals surface area (Å²) in [5.41, 5.74) is 1.33. The van der Waals surface area contributed by atoms with Gasteiger partial charge < -0.3 is 25.3 Å². The van der Waals surface area contributed by atoms with Crippen LogP contribution in [-0.2, 0) is 4.79 Å². The van der Waals surface area contributed by atoms with E-state index in [0.29, 0.717) is 34.3 Å². The minimum atomic E-state index is -0.287. The van der Waals surface area contributed by atoms with Gasteiger partial charge in [-0.1, -0.05) is 11.6 Å². The Morgan fingerprint density at radius 3 is 2.44 bits per heavy atom. The maximum Gasteiger partial charge on any atom is 0.261 e. The number of nitrogens with one attached hydrogen (secondary N) is 2. The summed E-state index contributed by atoms with van der Waals surface area (Å²) in [6.45, 7) is 7.69. The Bertz CT molecular complexity index is 1120. The van der Waals surface area contributed by atoms with Gasteiger partial charge in [-0.2, -0.15) is 0 Å². The van der Waals surface area contributed by atoms with Gasteiger partial charge in [-0.3, -0.25) is 19.3 Å². The fraction of sp³-hybridized carbons (Fsp3) is 0.536. The van der Waals surface area contributed by atoms with Gasteiger partial charge in [-0.15, -0.1) is 11.3 Å². The molecule has 0 radical (unpaired) electrons. The second-order valence-corrected chi connectivity index (χ2v) is 12.2. The van der Waals surface area contributed by atoms with E-state index in [2.05, 4.69) is 32.4 Å². The third-order valence-electron chi connectivity index (χ3n) is 7.33. The number of benzene rings is 1. The minimum absolute atomic E-state index is 0.126. The van der Waals surface area contributed by atoms with E-state index in [4.69, 9.17) is 11.6 Å². The van der Waals surface area contributed by atoms with E-state index < -0.39 is 0 Å². The molecule has 9 nitrogen and oxygen atoms in total. The standard InChI is InChI=1S/C28H39ClN6O3S/c1-32-13-16-34(17-14-32)18-15-33(2)20-22(31-28(38)24-10-11-25(29)39-24)19-30-27(37)21-6-8-23(9-7-21)35-12-4-3-5-26(35)36/h6-11,22H,3-5,12-20H2,1-2H3,(H,30,37)(H,31,38). The topological polar surface area (TPSA) is 88.2 Å². The fourth-order valence-electron chi connectivity index (χ4n) is 4.89. The lowest BCUT2D eigenvalue weighted by Crippen LogP contribution is -2.51. The number of nitrogens with zero attached hydrogens (tertiary/aromatic N) is 4. The molecule has 2 aliphatic heterocycles. The maximum absolute atomic E-state index is 13.0. The molecule has 2 aliphatic rings. The molecular weight excluding hydrogens is 536 g/mol. The van der Waals surface area contributed by atoms with Crippen molar-refractivity contribution in [1.82, 2.24) is 25.3 Å². The number of carbonyl (C=O) groups is 3. The molecule has 1 atom stereocenters. The van der Waals surface area contributed by atoms with Crippen LogP contribution >= 0.6 is 22.9 Å². The molecule has 3 heterocycles. The van der Waals surface area contributed by atoms with Crippen LogP contribution < -0.4 is 15.5 Å². The number of thiophene rings is 1. The number of anilines is 1. The second kappa shape index (κ2) is 14.2. The van der Waals surface area contributed by atoms with Gasteiger partial charge >= 0.3 is 0 Å². The molecule has 0 spiro atoms. The van der Waals surface area contributed by atoms with E-state index in [9.17, 15) is 14.4 Å².